The monoisotopic (exact) mass is 270 g/mol. The van der Waals surface area contributed by atoms with E-state index in [-0.39, 0.29) is 11.5 Å². The van der Waals surface area contributed by atoms with Gasteiger partial charge in [0, 0.05) is 18.8 Å². The smallest absolute Gasteiger partial charge is 0.265 e. The molecule has 3 N–H and O–H groups in total. The van der Waals surface area contributed by atoms with Crippen molar-refractivity contribution in [3.8, 4) is 0 Å². The van der Waals surface area contributed by atoms with E-state index in [0.29, 0.717) is 0 Å². The van der Waals surface area contributed by atoms with Crippen molar-refractivity contribution in [2.45, 2.75) is 4.90 Å². The molecule has 1 aromatic carbocycles. The zero-order chi connectivity index (χ0) is 13.3. The van der Waals surface area contributed by atoms with E-state index in [1.165, 1.54) is 23.0 Å². The Hall–Kier alpha value is -2.09. The van der Waals surface area contributed by atoms with E-state index in [4.69, 9.17) is 5.73 Å². The molecule has 0 aliphatic rings. The Morgan fingerprint density at radius 1 is 1.39 bits per heavy atom. The summed E-state index contributed by atoms with van der Waals surface area (Å²) in [6.07, 6.45) is 1.43. The summed E-state index contributed by atoms with van der Waals surface area (Å²) in [7, 11) is -2.43. The van der Waals surface area contributed by atoms with Crippen molar-refractivity contribution in [2.75, 3.05) is 10.5 Å². The molecular formula is C10H11FN4O2S. The van der Waals surface area contributed by atoms with Crippen molar-refractivity contribution in [1.82, 2.24) is 9.78 Å². The number of nitrogen functional groups attached to an aromatic ring is 1. The highest BCUT2D eigenvalue weighted by Gasteiger charge is 2.20. The lowest BCUT2D eigenvalue weighted by molar-refractivity contribution is 0.570. The maximum Gasteiger partial charge on any atom is 0.265 e. The van der Waals surface area contributed by atoms with Crippen LogP contribution in [0.25, 0.3) is 0 Å². The Labute approximate surface area is 103 Å². The molecule has 96 valence electrons. The third-order valence-electron chi connectivity index (χ3n) is 2.31. The quantitative estimate of drug-likeness (QED) is 0.812. The van der Waals surface area contributed by atoms with Crippen LogP contribution in [0.3, 0.4) is 0 Å². The molecule has 18 heavy (non-hydrogen) atoms. The summed E-state index contributed by atoms with van der Waals surface area (Å²) in [4.78, 5) is -0.460. The first kappa shape index (κ1) is 12.4. The van der Waals surface area contributed by atoms with Gasteiger partial charge in [0.2, 0.25) is 0 Å². The van der Waals surface area contributed by atoms with Crippen LogP contribution in [0.5, 0.6) is 0 Å². The van der Waals surface area contributed by atoms with Crippen LogP contribution in [0, 0.1) is 5.82 Å². The number of aromatic nitrogens is 2. The van der Waals surface area contributed by atoms with Gasteiger partial charge in [0.25, 0.3) is 10.0 Å². The average molecular weight is 270 g/mol. The molecule has 0 radical (unpaired) electrons. The predicted octanol–water partition coefficient (Wildman–Crippen LogP) is 0.942. The van der Waals surface area contributed by atoms with Crippen LogP contribution >= 0.6 is 0 Å². The summed E-state index contributed by atoms with van der Waals surface area (Å²) in [6.45, 7) is 0. The third kappa shape index (κ3) is 2.28. The van der Waals surface area contributed by atoms with Crippen LogP contribution in [0.1, 0.15) is 0 Å². The second kappa shape index (κ2) is 4.30. The van der Waals surface area contributed by atoms with Crippen LogP contribution in [-0.2, 0) is 17.1 Å². The minimum Gasteiger partial charge on any atom is -0.399 e. The van der Waals surface area contributed by atoms with Gasteiger partial charge in [0.15, 0.2) is 0 Å². The van der Waals surface area contributed by atoms with Crippen LogP contribution < -0.4 is 10.5 Å². The van der Waals surface area contributed by atoms with E-state index in [1.807, 2.05) is 0 Å². The van der Waals surface area contributed by atoms with E-state index in [9.17, 15) is 12.8 Å². The normalized spacial score (nSPS) is 11.4. The van der Waals surface area contributed by atoms with E-state index in [2.05, 4.69) is 9.82 Å². The van der Waals surface area contributed by atoms with Gasteiger partial charge in [0.1, 0.15) is 16.5 Å². The minimum atomic E-state index is -3.99. The molecule has 0 bridgehead atoms. The first-order valence-corrected chi connectivity index (χ1v) is 6.44. The number of benzene rings is 1. The fourth-order valence-electron chi connectivity index (χ4n) is 1.40. The molecular weight excluding hydrogens is 259 g/mol. The third-order valence-corrected chi connectivity index (χ3v) is 3.69. The topological polar surface area (TPSA) is 90.0 Å². The van der Waals surface area contributed by atoms with Crippen molar-refractivity contribution < 1.29 is 12.8 Å². The fraction of sp³-hybridized carbons (Fsp3) is 0.100. The van der Waals surface area contributed by atoms with Crippen molar-refractivity contribution in [2.24, 2.45) is 7.05 Å². The maximum absolute atomic E-state index is 13.6. The molecule has 0 aliphatic heterocycles. The Morgan fingerprint density at radius 2 is 2.11 bits per heavy atom. The Bertz CT molecular complexity index is 681. The van der Waals surface area contributed by atoms with E-state index in [0.717, 1.165) is 12.1 Å². The molecule has 0 fully saturated rings. The largest absolute Gasteiger partial charge is 0.399 e. The summed E-state index contributed by atoms with van der Waals surface area (Å²) in [5.74, 6) is -0.657. The number of nitrogens with one attached hydrogen (secondary N) is 1. The van der Waals surface area contributed by atoms with E-state index in [1.54, 1.807) is 7.05 Å². The van der Waals surface area contributed by atoms with Crippen LogP contribution in [0.15, 0.2) is 35.4 Å². The molecule has 0 unspecified atom stereocenters. The molecule has 1 aromatic heterocycles. The van der Waals surface area contributed by atoms with Crippen molar-refractivity contribution in [3.05, 3.63) is 36.3 Å². The lowest BCUT2D eigenvalue weighted by atomic mass is 10.3. The Balaban J connectivity index is 2.40. The van der Waals surface area contributed by atoms with Gasteiger partial charge in [-0.3, -0.25) is 9.40 Å². The van der Waals surface area contributed by atoms with Crippen molar-refractivity contribution in [3.63, 3.8) is 0 Å². The number of rotatable bonds is 3. The number of nitrogens with two attached hydrogens (primary N) is 1. The number of sulfonamides is 1. The molecule has 0 aliphatic carbocycles. The average Bonchev–Trinajstić information content (AvgIpc) is 2.63. The summed E-state index contributed by atoms with van der Waals surface area (Å²) < 4.78 is 41.0. The lowest BCUT2D eigenvalue weighted by Gasteiger charge is -2.09. The highest BCUT2D eigenvalue weighted by atomic mass is 32.2. The van der Waals surface area contributed by atoms with Gasteiger partial charge in [-0.2, -0.15) is 5.10 Å². The second-order valence-corrected chi connectivity index (χ2v) is 5.29. The Morgan fingerprint density at radius 3 is 2.67 bits per heavy atom. The predicted molar refractivity (Wildman–Crippen MR) is 64.8 cm³/mol. The zero-order valence-electron chi connectivity index (χ0n) is 9.46. The first-order valence-electron chi connectivity index (χ1n) is 4.96. The van der Waals surface area contributed by atoms with Gasteiger partial charge in [0.05, 0.1) is 6.20 Å². The molecule has 1 heterocycles. The molecule has 0 amide bonds. The van der Waals surface area contributed by atoms with Gasteiger partial charge in [-0.05, 0) is 18.2 Å². The first-order chi connectivity index (χ1) is 8.40. The number of anilines is 2. The molecule has 6 nitrogen and oxygen atoms in total. The SMILES string of the molecule is Cn1nccc1NS(=O)(=O)c1ccc(N)cc1F. The minimum absolute atomic E-state index is 0.159. The second-order valence-electron chi connectivity index (χ2n) is 3.64. The van der Waals surface area contributed by atoms with Gasteiger partial charge in [-0.15, -0.1) is 0 Å². The molecule has 0 spiro atoms. The molecule has 0 saturated carbocycles. The summed E-state index contributed by atoms with van der Waals surface area (Å²) in [6, 6.07) is 4.86. The van der Waals surface area contributed by atoms with E-state index >= 15 is 0 Å². The summed E-state index contributed by atoms with van der Waals surface area (Å²) in [5.41, 5.74) is 5.52. The van der Waals surface area contributed by atoms with Crippen LogP contribution in [-0.4, -0.2) is 18.2 Å². The van der Waals surface area contributed by atoms with Crippen molar-refractivity contribution in [1.29, 1.82) is 0 Å². The standard InChI is InChI=1S/C10H11FN4O2S/c1-15-10(4-5-13-15)14-18(16,17)9-3-2-7(12)6-8(9)11/h2-6,14H,12H2,1H3. The Kier molecular flexibility index (Phi) is 2.95. The van der Waals surface area contributed by atoms with Gasteiger partial charge >= 0.3 is 0 Å². The molecule has 0 saturated heterocycles. The lowest BCUT2D eigenvalue weighted by Crippen LogP contribution is -2.16. The molecule has 8 heteroatoms. The number of hydrogen-bond acceptors (Lipinski definition) is 4. The van der Waals surface area contributed by atoms with Crippen LogP contribution in [0.2, 0.25) is 0 Å². The van der Waals surface area contributed by atoms with Gasteiger partial charge in [-0.25, -0.2) is 12.8 Å². The molecule has 2 aromatic rings. The van der Waals surface area contributed by atoms with Crippen molar-refractivity contribution >= 4 is 21.5 Å². The molecule has 0 atom stereocenters. The highest BCUT2D eigenvalue weighted by Crippen LogP contribution is 2.20. The fourth-order valence-corrected chi connectivity index (χ4v) is 2.55. The number of aryl methyl sites for hydroxylation is 1. The van der Waals surface area contributed by atoms with Gasteiger partial charge < -0.3 is 5.73 Å². The van der Waals surface area contributed by atoms with E-state index < -0.39 is 20.7 Å². The number of halogens is 1. The number of hydrogen-bond donors (Lipinski definition) is 2. The highest BCUT2D eigenvalue weighted by molar-refractivity contribution is 7.92. The summed E-state index contributed by atoms with van der Waals surface area (Å²) >= 11 is 0. The summed E-state index contributed by atoms with van der Waals surface area (Å²) in [5, 5.41) is 3.81. The van der Waals surface area contributed by atoms with Crippen LogP contribution in [0.4, 0.5) is 15.9 Å². The molecule has 2 rings (SSSR count). The number of nitrogens with zero attached hydrogens (tertiary/aromatic N) is 2. The van der Waals surface area contributed by atoms with Gasteiger partial charge in [-0.1, -0.05) is 0 Å². The maximum atomic E-state index is 13.6. The zero-order valence-corrected chi connectivity index (χ0v) is 10.3.